The second kappa shape index (κ2) is 6.12. The van der Waals surface area contributed by atoms with Crippen LogP contribution in [0.5, 0.6) is 5.75 Å². The number of rotatable bonds is 6. The van der Waals surface area contributed by atoms with Crippen molar-refractivity contribution in [2.24, 2.45) is 5.92 Å². The molecule has 20 heavy (non-hydrogen) atoms. The zero-order chi connectivity index (χ0) is 14.7. The molecular weight excluding hydrogens is 250 g/mol. The number of hydrogen-bond acceptors (Lipinski definition) is 2. The smallest absolute Gasteiger partial charge is 0.168 e. The van der Waals surface area contributed by atoms with Crippen molar-refractivity contribution in [3.8, 4) is 5.75 Å². The van der Waals surface area contributed by atoms with Crippen molar-refractivity contribution in [3.63, 3.8) is 0 Å². The van der Waals surface area contributed by atoms with E-state index in [0.717, 1.165) is 35.1 Å². The van der Waals surface area contributed by atoms with Crippen LogP contribution in [0.1, 0.15) is 50.9 Å². The summed E-state index contributed by atoms with van der Waals surface area (Å²) in [6.07, 6.45) is 3.65. The Labute approximate surface area is 120 Å². The van der Waals surface area contributed by atoms with E-state index < -0.39 is 0 Å². The molecule has 3 heteroatoms. The third kappa shape index (κ3) is 2.72. The Kier molecular flexibility index (Phi) is 4.48. The lowest BCUT2D eigenvalue weighted by Gasteiger charge is -2.14. The third-order valence-electron chi connectivity index (χ3n) is 3.65. The largest absolute Gasteiger partial charge is 0.490 e. The first-order valence-electron chi connectivity index (χ1n) is 7.39. The number of hydrogen-bond donors (Lipinski definition) is 1. The fourth-order valence-electron chi connectivity index (χ4n) is 2.58. The Bertz CT molecular complexity index is 594. The second-order valence-electron chi connectivity index (χ2n) is 5.43. The standard InChI is InChI=1S/C17H23NO2/c1-5-12(6-2)17(19)13-10-18-14-8-7-9-15(16(13)14)20-11(3)4/h7-12,18H,5-6H2,1-4H3. The molecular formula is C17H23NO2. The highest BCUT2D eigenvalue weighted by atomic mass is 16.5. The molecule has 0 saturated heterocycles. The maximum atomic E-state index is 12.6. The Morgan fingerprint density at radius 1 is 1.25 bits per heavy atom. The van der Waals surface area contributed by atoms with E-state index in [1.54, 1.807) is 0 Å². The van der Waals surface area contributed by atoms with Crippen LogP contribution in [0.4, 0.5) is 0 Å². The summed E-state index contributed by atoms with van der Waals surface area (Å²) in [5, 5.41) is 0.915. The van der Waals surface area contributed by atoms with E-state index in [1.807, 2.05) is 38.2 Å². The first kappa shape index (κ1) is 14.6. The summed E-state index contributed by atoms with van der Waals surface area (Å²) >= 11 is 0. The van der Waals surface area contributed by atoms with Crippen molar-refractivity contribution >= 4 is 16.7 Å². The molecule has 0 spiro atoms. The number of aromatic nitrogens is 1. The quantitative estimate of drug-likeness (QED) is 0.783. The summed E-state index contributed by atoms with van der Waals surface area (Å²) in [5.74, 6) is 1.08. The maximum absolute atomic E-state index is 12.6. The highest BCUT2D eigenvalue weighted by Gasteiger charge is 2.21. The van der Waals surface area contributed by atoms with Crippen molar-refractivity contribution < 1.29 is 9.53 Å². The topological polar surface area (TPSA) is 42.1 Å². The first-order chi connectivity index (χ1) is 9.58. The lowest BCUT2D eigenvalue weighted by Crippen LogP contribution is -2.13. The van der Waals surface area contributed by atoms with Crippen molar-refractivity contribution in [3.05, 3.63) is 30.0 Å². The van der Waals surface area contributed by atoms with E-state index in [2.05, 4.69) is 18.8 Å². The van der Waals surface area contributed by atoms with Gasteiger partial charge in [-0.15, -0.1) is 0 Å². The van der Waals surface area contributed by atoms with Crippen LogP contribution in [0.15, 0.2) is 24.4 Å². The number of Topliss-reactive ketones (excluding diaryl/α,β-unsaturated/α-hetero) is 1. The molecule has 0 aliphatic carbocycles. The van der Waals surface area contributed by atoms with Crippen molar-refractivity contribution in [2.75, 3.05) is 0 Å². The number of fused-ring (bicyclic) bond motifs is 1. The predicted octanol–water partition coefficient (Wildman–Crippen LogP) is 4.57. The molecule has 0 bridgehead atoms. The summed E-state index contributed by atoms with van der Waals surface area (Å²) in [6, 6.07) is 5.86. The molecule has 1 heterocycles. The molecule has 2 aromatic rings. The highest BCUT2D eigenvalue weighted by Crippen LogP contribution is 2.31. The van der Waals surface area contributed by atoms with Gasteiger partial charge in [0.2, 0.25) is 0 Å². The van der Waals surface area contributed by atoms with Crippen LogP contribution in [0.2, 0.25) is 0 Å². The minimum Gasteiger partial charge on any atom is -0.490 e. The van der Waals surface area contributed by atoms with Crippen LogP contribution in [-0.4, -0.2) is 16.9 Å². The Morgan fingerprint density at radius 3 is 2.55 bits per heavy atom. The zero-order valence-electron chi connectivity index (χ0n) is 12.7. The number of carbonyl (C=O) groups excluding carboxylic acids is 1. The molecule has 0 radical (unpaired) electrons. The van der Waals surface area contributed by atoms with Gasteiger partial charge in [0.05, 0.1) is 11.5 Å². The van der Waals surface area contributed by atoms with Crippen molar-refractivity contribution in [2.45, 2.75) is 46.6 Å². The average molecular weight is 273 g/mol. The fraction of sp³-hybridized carbons (Fsp3) is 0.471. The van der Waals surface area contributed by atoms with Crippen molar-refractivity contribution in [1.29, 1.82) is 0 Å². The number of aromatic amines is 1. The van der Waals surface area contributed by atoms with E-state index in [-0.39, 0.29) is 17.8 Å². The number of ether oxygens (including phenoxy) is 1. The Balaban J connectivity index is 2.51. The molecule has 2 rings (SSSR count). The number of H-pyrrole nitrogens is 1. The second-order valence-corrected chi connectivity index (χ2v) is 5.43. The van der Waals surface area contributed by atoms with Crippen LogP contribution in [-0.2, 0) is 0 Å². The van der Waals surface area contributed by atoms with Gasteiger partial charge < -0.3 is 9.72 Å². The molecule has 0 fully saturated rings. The Hall–Kier alpha value is -1.77. The van der Waals surface area contributed by atoms with E-state index in [9.17, 15) is 4.79 Å². The molecule has 0 unspecified atom stereocenters. The van der Waals surface area contributed by atoms with Gasteiger partial charge in [0.15, 0.2) is 5.78 Å². The number of nitrogens with one attached hydrogen (secondary N) is 1. The first-order valence-corrected chi connectivity index (χ1v) is 7.39. The van der Waals surface area contributed by atoms with Gasteiger partial charge in [-0.1, -0.05) is 19.9 Å². The number of ketones is 1. The summed E-state index contributed by atoms with van der Waals surface area (Å²) in [4.78, 5) is 15.8. The summed E-state index contributed by atoms with van der Waals surface area (Å²) < 4.78 is 5.85. The summed E-state index contributed by atoms with van der Waals surface area (Å²) in [7, 11) is 0. The van der Waals surface area contributed by atoms with Gasteiger partial charge in [-0.25, -0.2) is 0 Å². The normalized spacial score (nSPS) is 11.5. The van der Waals surface area contributed by atoms with Gasteiger partial charge >= 0.3 is 0 Å². The molecule has 0 amide bonds. The number of benzene rings is 1. The maximum Gasteiger partial charge on any atom is 0.168 e. The molecule has 1 N–H and O–H groups in total. The van der Waals surface area contributed by atoms with E-state index in [4.69, 9.17) is 4.74 Å². The minimum absolute atomic E-state index is 0.0844. The zero-order valence-corrected chi connectivity index (χ0v) is 12.7. The minimum atomic E-state index is 0.0844. The molecule has 1 aromatic heterocycles. The van der Waals surface area contributed by atoms with Gasteiger partial charge in [-0.3, -0.25) is 4.79 Å². The predicted molar refractivity (Wildman–Crippen MR) is 82.5 cm³/mol. The van der Waals surface area contributed by atoms with Gasteiger partial charge in [0, 0.05) is 23.2 Å². The monoisotopic (exact) mass is 273 g/mol. The van der Waals surface area contributed by atoms with Crippen molar-refractivity contribution in [1.82, 2.24) is 4.98 Å². The van der Waals surface area contributed by atoms with Gasteiger partial charge in [-0.05, 0) is 38.8 Å². The lowest BCUT2D eigenvalue weighted by atomic mass is 9.92. The van der Waals surface area contributed by atoms with Gasteiger partial charge in [-0.2, -0.15) is 0 Å². The van der Waals surface area contributed by atoms with Crippen LogP contribution in [0, 0.1) is 5.92 Å². The Morgan fingerprint density at radius 2 is 1.95 bits per heavy atom. The van der Waals surface area contributed by atoms with Crippen LogP contribution in [0.25, 0.3) is 10.9 Å². The molecule has 3 nitrogen and oxygen atoms in total. The fourth-order valence-corrected chi connectivity index (χ4v) is 2.58. The van der Waals surface area contributed by atoms with Crippen LogP contribution >= 0.6 is 0 Å². The van der Waals surface area contributed by atoms with E-state index >= 15 is 0 Å². The highest BCUT2D eigenvalue weighted by molar-refractivity contribution is 6.10. The molecule has 0 aliphatic rings. The summed E-state index contributed by atoms with van der Waals surface area (Å²) in [5.41, 5.74) is 1.71. The van der Waals surface area contributed by atoms with Gasteiger partial charge in [0.1, 0.15) is 5.75 Å². The SMILES string of the molecule is CCC(CC)C(=O)c1c[nH]c2cccc(OC(C)C)c12. The third-order valence-corrected chi connectivity index (χ3v) is 3.65. The average Bonchev–Trinajstić information content (AvgIpc) is 2.84. The summed E-state index contributed by atoms with van der Waals surface area (Å²) in [6.45, 7) is 8.11. The van der Waals surface area contributed by atoms with Crippen LogP contribution < -0.4 is 4.74 Å². The van der Waals surface area contributed by atoms with E-state index in [0.29, 0.717) is 0 Å². The molecule has 1 aromatic carbocycles. The van der Waals surface area contributed by atoms with Crippen LogP contribution in [0.3, 0.4) is 0 Å². The lowest BCUT2D eigenvalue weighted by molar-refractivity contribution is 0.0915. The molecule has 0 aliphatic heterocycles. The molecule has 0 atom stereocenters. The number of carbonyl (C=O) groups is 1. The van der Waals surface area contributed by atoms with Gasteiger partial charge in [0.25, 0.3) is 0 Å². The molecule has 0 saturated carbocycles. The molecule has 108 valence electrons. The van der Waals surface area contributed by atoms with E-state index in [1.165, 1.54) is 0 Å².